The maximum absolute atomic E-state index is 12.2. The zero-order valence-electron chi connectivity index (χ0n) is 15.1. The highest BCUT2D eigenvalue weighted by atomic mass is 32.2. The molecular formula is C21H21NO4S. The van der Waals surface area contributed by atoms with Gasteiger partial charge in [-0.3, -0.25) is 14.5 Å². The lowest BCUT2D eigenvalue weighted by Crippen LogP contribution is -2.28. The lowest BCUT2D eigenvalue weighted by atomic mass is 10.2. The van der Waals surface area contributed by atoms with Crippen LogP contribution in [0.3, 0.4) is 0 Å². The Labute approximate surface area is 163 Å². The van der Waals surface area contributed by atoms with Gasteiger partial charge >= 0.3 is 0 Å². The SMILES string of the molecule is CCCN1C(=O)S/C(=C/c2ccc(OCCOc3ccccc3)cc2)C1=O. The molecule has 5 nitrogen and oxygen atoms in total. The molecule has 1 saturated heterocycles. The van der Waals surface area contributed by atoms with Crippen molar-refractivity contribution in [1.82, 2.24) is 4.90 Å². The van der Waals surface area contributed by atoms with E-state index in [2.05, 4.69) is 0 Å². The zero-order chi connectivity index (χ0) is 19.1. The molecule has 140 valence electrons. The van der Waals surface area contributed by atoms with Crippen molar-refractivity contribution in [2.45, 2.75) is 13.3 Å². The second-order valence-corrected chi connectivity index (χ2v) is 6.91. The minimum absolute atomic E-state index is 0.202. The van der Waals surface area contributed by atoms with E-state index in [-0.39, 0.29) is 11.1 Å². The third kappa shape index (κ3) is 5.14. The van der Waals surface area contributed by atoms with Crippen molar-refractivity contribution in [2.75, 3.05) is 19.8 Å². The first kappa shape index (κ1) is 19.0. The fourth-order valence-corrected chi connectivity index (χ4v) is 3.43. The van der Waals surface area contributed by atoms with E-state index in [4.69, 9.17) is 9.47 Å². The van der Waals surface area contributed by atoms with E-state index in [9.17, 15) is 9.59 Å². The Morgan fingerprint density at radius 2 is 1.56 bits per heavy atom. The molecule has 3 rings (SSSR count). The van der Waals surface area contributed by atoms with Crippen molar-refractivity contribution in [2.24, 2.45) is 0 Å². The molecule has 27 heavy (non-hydrogen) atoms. The van der Waals surface area contributed by atoms with Crippen LogP contribution in [0.2, 0.25) is 0 Å². The number of benzene rings is 2. The van der Waals surface area contributed by atoms with E-state index < -0.39 is 0 Å². The van der Waals surface area contributed by atoms with E-state index in [1.54, 1.807) is 6.08 Å². The molecule has 2 amide bonds. The number of thioether (sulfide) groups is 1. The standard InChI is InChI=1S/C21H21NO4S/c1-2-12-22-20(23)19(27-21(22)24)15-16-8-10-18(11-9-16)26-14-13-25-17-6-4-3-5-7-17/h3-11,15H,2,12-14H2,1H3/b19-15+. The molecule has 1 aliphatic rings. The molecule has 6 heteroatoms. The maximum Gasteiger partial charge on any atom is 0.293 e. The van der Waals surface area contributed by atoms with E-state index in [1.165, 1.54) is 4.90 Å². The number of para-hydroxylation sites is 1. The Bertz CT molecular complexity index is 818. The summed E-state index contributed by atoms with van der Waals surface area (Å²) in [5.41, 5.74) is 0.852. The van der Waals surface area contributed by atoms with Crippen molar-refractivity contribution in [3.8, 4) is 11.5 Å². The van der Waals surface area contributed by atoms with Gasteiger partial charge in [-0.05, 0) is 54.1 Å². The number of hydrogen-bond acceptors (Lipinski definition) is 5. The smallest absolute Gasteiger partial charge is 0.293 e. The predicted molar refractivity (Wildman–Crippen MR) is 107 cm³/mol. The lowest BCUT2D eigenvalue weighted by molar-refractivity contribution is -0.122. The molecule has 1 heterocycles. The summed E-state index contributed by atoms with van der Waals surface area (Å²) in [5.74, 6) is 1.32. The summed E-state index contributed by atoms with van der Waals surface area (Å²) in [7, 11) is 0. The number of ether oxygens (including phenoxy) is 2. The number of nitrogens with zero attached hydrogens (tertiary/aromatic N) is 1. The first-order valence-corrected chi connectivity index (χ1v) is 9.65. The van der Waals surface area contributed by atoms with Gasteiger partial charge in [-0.25, -0.2) is 0 Å². The van der Waals surface area contributed by atoms with Gasteiger partial charge in [-0.1, -0.05) is 37.3 Å². The van der Waals surface area contributed by atoms with Crippen LogP contribution in [0.25, 0.3) is 6.08 Å². The first-order valence-electron chi connectivity index (χ1n) is 8.83. The number of imide groups is 1. The number of amides is 2. The molecule has 0 atom stereocenters. The molecule has 1 fully saturated rings. The molecule has 0 unspecified atom stereocenters. The van der Waals surface area contributed by atoms with Gasteiger partial charge in [0.25, 0.3) is 11.1 Å². The average molecular weight is 383 g/mol. The molecule has 0 N–H and O–H groups in total. The number of rotatable bonds is 8. The highest BCUT2D eigenvalue weighted by Crippen LogP contribution is 2.32. The number of carbonyl (C=O) groups excluding carboxylic acids is 2. The summed E-state index contributed by atoms with van der Waals surface area (Å²) in [5, 5.41) is -0.202. The fourth-order valence-electron chi connectivity index (χ4n) is 2.56. The maximum atomic E-state index is 12.2. The van der Waals surface area contributed by atoms with Crippen molar-refractivity contribution in [1.29, 1.82) is 0 Å². The summed E-state index contributed by atoms with van der Waals surface area (Å²) in [4.78, 5) is 25.9. The highest BCUT2D eigenvalue weighted by molar-refractivity contribution is 8.18. The Hall–Kier alpha value is -2.73. The van der Waals surface area contributed by atoms with Crippen molar-refractivity contribution in [3.05, 3.63) is 65.1 Å². The second kappa shape index (κ2) is 9.28. The number of carbonyl (C=O) groups is 2. The topological polar surface area (TPSA) is 55.8 Å². The molecule has 2 aromatic carbocycles. The Kier molecular flexibility index (Phi) is 6.54. The molecule has 0 bridgehead atoms. The van der Waals surface area contributed by atoms with Crippen LogP contribution in [0, 0.1) is 0 Å². The zero-order valence-corrected chi connectivity index (χ0v) is 15.9. The molecule has 0 radical (unpaired) electrons. The van der Waals surface area contributed by atoms with Gasteiger partial charge in [0, 0.05) is 6.54 Å². The van der Waals surface area contributed by atoms with Crippen LogP contribution < -0.4 is 9.47 Å². The van der Waals surface area contributed by atoms with Crippen LogP contribution in [-0.2, 0) is 4.79 Å². The van der Waals surface area contributed by atoms with E-state index in [0.717, 1.165) is 35.2 Å². The Morgan fingerprint density at radius 3 is 2.19 bits per heavy atom. The van der Waals surface area contributed by atoms with Gasteiger partial charge in [-0.15, -0.1) is 0 Å². The molecule has 0 aliphatic carbocycles. The van der Waals surface area contributed by atoms with Gasteiger partial charge in [0.05, 0.1) is 4.91 Å². The van der Waals surface area contributed by atoms with Crippen molar-refractivity contribution >= 4 is 29.0 Å². The summed E-state index contributed by atoms with van der Waals surface area (Å²) in [6.07, 6.45) is 2.49. The molecule has 2 aromatic rings. The van der Waals surface area contributed by atoms with Gasteiger partial charge in [-0.2, -0.15) is 0 Å². The number of hydrogen-bond donors (Lipinski definition) is 0. The first-order chi connectivity index (χ1) is 13.2. The van der Waals surface area contributed by atoms with Crippen LogP contribution >= 0.6 is 11.8 Å². The van der Waals surface area contributed by atoms with Crippen LogP contribution in [-0.4, -0.2) is 35.8 Å². The summed E-state index contributed by atoms with van der Waals surface area (Å²) in [6.45, 7) is 3.29. The van der Waals surface area contributed by atoms with Crippen LogP contribution in [0.15, 0.2) is 59.5 Å². The summed E-state index contributed by atoms with van der Waals surface area (Å²) < 4.78 is 11.2. The summed E-state index contributed by atoms with van der Waals surface area (Å²) in [6, 6.07) is 17.0. The minimum atomic E-state index is -0.217. The van der Waals surface area contributed by atoms with Crippen LogP contribution in [0.5, 0.6) is 11.5 Å². The lowest BCUT2D eigenvalue weighted by Gasteiger charge is -2.09. The van der Waals surface area contributed by atoms with E-state index >= 15 is 0 Å². The fraction of sp³-hybridized carbons (Fsp3) is 0.238. The molecular weight excluding hydrogens is 362 g/mol. The normalized spacial score (nSPS) is 15.4. The molecule has 1 aliphatic heterocycles. The monoisotopic (exact) mass is 383 g/mol. The highest BCUT2D eigenvalue weighted by Gasteiger charge is 2.34. The van der Waals surface area contributed by atoms with Crippen LogP contribution in [0.4, 0.5) is 4.79 Å². The molecule has 0 saturated carbocycles. The van der Waals surface area contributed by atoms with Gasteiger partial charge < -0.3 is 9.47 Å². The molecule has 0 aromatic heterocycles. The third-order valence-corrected chi connectivity index (χ3v) is 4.77. The van der Waals surface area contributed by atoms with Crippen LogP contribution in [0.1, 0.15) is 18.9 Å². The second-order valence-electron chi connectivity index (χ2n) is 5.91. The van der Waals surface area contributed by atoms with Crippen molar-refractivity contribution in [3.63, 3.8) is 0 Å². The van der Waals surface area contributed by atoms with Crippen molar-refractivity contribution < 1.29 is 19.1 Å². The van der Waals surface area contributed by atoms with E-state index in [1.807, 2.05) is 61.5 Å². The van der Waals surface area contributed by atoms with Gasteiger partial charge in [0.2, 0.25) is 0 Å². The molecule has 0 spiro atoms. The van der Waals surface area contributed by atoms with E-state index in [0.29, 0.717) is 24.7 Å². The average Bonchev–Trinajstić information content (AvgIpc) is 2.95. The Balaban J connectivity index is 1.51. The van der Waals surface area contributed by atoms with Gasteiger partial charge in [0.1, 0.15) is 24.7 Å². The summed E-state index contributed by atoms with van der Waals surface area (Å²) >= 11 is 0.986. The predicted octanol–water partition coefficient (Wildman–Crippen LogP) is 4.59. The minimum Gasteiger partial charge on any atom is -0.490 e. The third-order valence-electron chi connectivity index (χ3n) is 3.86. The van der Waals surface area contributed by atoms with Gasteiger partial charge in [0.15, 0.2) is 0 Å². The quantitative estimate of drug-likeness (QED) is 0.493. The largest absolute Gasteiger partial charge is 0.490 e. The Morgan fingerprint density at radius 1 is 0.926 bits per heavy atom.